The molecule has 4 heteroatoms. The van der Waals surface area contributed by atoms with Gasteiger partial charge in [-0.2, -0.15) is 0 Å². The van der Waals surface area contributed by atoms with E-state index in [9.17, 15) is 9.59 Å². The molecular formula is C12H13NO3. The van der Waals surface area contributed by atoms with Gasteiger partial charge in [-0.1, -0.05) is 0 Å². The first-order valence-electron chi connectivity index (χ1n) is 5.36. The van der Waals surface area contributed by atoms with Gasteiger partial charge in [0.2, 0.25) is 0 Å². The summed E-state index contributed by atoms with van der Waals surface area (Å²) in [5.74, 6) is -0.947. The second kappa shape index (κ2) is 4.04. The van der Waals surface area contributed by atoms with Gasteiger partial charge < -0.3 is 5.11 Å². The quantitative estimate of drug-likeness (QED) is 0.733. The first-order valence-corrected chi connectivity index (χ1v) is 5.36. The van der Waals surface area contributed by atoms with E-state index in [2.05, 4.69) is 4.98 Å². The second-order valence-corrected chi connectivity index (χ2v) is 4.06. The standard InChI is InChI=1S/C12H13NO3/c1-7-9(12(15)16)6-8-4-2-3-5-10(14)11(8)13-7/h6H,2-5H2,1H3,(H,15,16). The molecule has 16 heavy (non-hydrogen) atoms. The largest absolute Gasteiger partial charge is 0.478 e. The number of aryl methyl sites for hydroxylation is 2. The van der Waals surface area contributed by atoms with Gasteiger partial charge in [-0.25, -0.2) is 9.78 Å². The minimum absolute atomic E-state index is 0.0348. The van der Waals surface area contributed by atoms with Crippen LogP contribution in [0, 0.1) is 6.92 Å². The lowest BCUT2D eigenvalue weighted by atomic mass is 10.0. The number of rotatable bonds is 1. The number of hydrogen-bond donors (Lipinski definition) is 1. The van der Waals surface area contributed by atoms with Crippen LogP contribution in [0.4, 0.5) is 0 Å². The maximum atomic E-state index is 11.7. The molecule has 1 aromatic heterocycles. The first kappa shape index (κ1) is 10.8. The third-order valence-corrected chi connectivity index (χ3v) is 2.89. The maximum Gasteiger partial charge on any atom is 0.337 e. The van der Waals surface area contributed by atoms with Gasteiger partial charge in [-0.15, -0.1) is 0 Å². The number of aromatic nitrogens is 1. The van der Waals surface area contributed by atoms with E-state index in [4.69, 9.17) is 5.11 Å². The lowest BCUT2D eigenvalue weighted by molar-refractivity contribution is 0.0694. The fourth-order valence-electron chi connectivity index (χ4n) is 2.01. The monoisotopic (exact) mass is 219 g/mol. The highest BCUT2D eigenvalue weighted by atomic mass is 16.4. The highest BCUT2D eigenvalue weighted by Gasteiger charge is 2.20. The predicted molar refractivity (Wildman–Crippen MR) is 57.8 cm³/mol. The average Bonchev–Trinajstić information content (AvgIpc) is 2.40. The fourth-order valence-corrected chi connectivity index (χ4v) is 2.01. The van der Waals surface area contributed by atoms with E-state index < -0.39 is 5.97 Å². The Morgan fingerprint density at radius 1 is 1.38 bits per heavy atom. The van der Waals surface area contributed by atoms with Crippen LogP contribution < -0.4 is 0 Å². The summed E-state index contributed by atoms with van der Waals surface area (Å²) in [5, 5.41) is 8.98. The van der Waals surface area contributed by atoms with Crippen molar-refractivity contribution in [2.45, 2.75) is 32.6 Å². The first-order chi connectivity index (χ1) is 7.59. The van der Waals surface area contributed by atoms with Crippen molar-refractivity contribution in [3.05, 3.63) is 28.6 Å². The van der Waals surface area contributed by atoms with Crippen LogP contribution in [0.3, 0.4) is 0 Å². The van der Waals surface area contributed by atoms with Crippen LogP contribution in [0.5, 0.6) is 0 Å². The lowest BCUT2D eigenvalue weighted by Gasteiger charge is -2.07. The van der Waals surface area contributed by atoms with Gasteiger partial charge in [0.05, 0.1) is 11.3 Å². The van der Waals surface area contributed by atoms with Gasteiger partial charge in [-0.05, 0) is 37.8 Å². The van der Waals surface area contributed by atoms with Crippen LogP contribution in [0.2, 0.25) is 0 Å². The molecule has 0 spiro atoms. The fraction of sp³-hybridized carbons (Fsp3) is 0.417. The molecular weight excluding hydrogens is 206 g/mol. The minimum atomic E-state index is -0.982. The highest BCUT2D eigenvalue weighted by molar-refractivity contribution is 5.97. The molecule has 1 aliphatic carbocycles. The summed E-state index contributed by atoms with van der Waals surface area (Å²) in [6, 6.07) is 1.60. The number of carboxylic acids is 1. The topological polar surface area (TPSA) is 67.3 Å². The molecule has 0 aliphatic heterocycles. The van der Waals surface area contributed by atoms with Gasteiger partial charge in [-0.3, -0.25) is 4.79 Å². The average molecular weight is 219 g/mol. The smallest absolute Gasteiger partial charge is 0.337 e. The molecule has 0 saturated carbocycles. The zero-order chi connectivity index (χ0) is 11.7. The number of ketones is 1. The number of hydrogen-bond acceptors (Lipinski definition) is 3. The van der Waals surface area contributed by atoms with E-state index in [0.717, 1.165) is 24.8 Å². The number of Topliss-reactive ketones (excluding diaryl/α,β-unsaturated/α-hetero) is 1. The molecule has 0 fully saturated rings. The Morgan fingerprint density at radius 2 is 2.06 bits per heavy atom. The van der Waals surface area contributed by atoms with Crippen molar-refractivity contribution in [2.75, 3.05) is 0 Å². The number of aromatic carboxylic acids is 1. The summed E-state index contributed by atoms with van der Waals surface area (Å²) in [6.07, 6.45) is 3.04. The summed E-state index contributed by atoms with van der Waals surface area (Å²) in [5.41, 5.74) is 1.88. The van der Waals surface area contributed by atoms with Crippen LogP contribution in [0.1, 0.15) is 51.4 Å². The van der Waals surface area contributed by atoms with Crippen molar-refractivity contribution in [3.8, 4) is 0 Å². The van der Waals surface area contributed by atoms with Crippen LogP contribution in [-0.4, -0.2) is 21.8 Å². The van der Waals surface area contributed by atoms with Crippen LogP contribution >= 0.6 is 0 Å². The van der Waals surface area contributed by atoms with E-state index in [0.29, 0.717) is 17.8 Å². The van der Waals surface area contributed by atoms with E-state index in [1.54, 1.807) is 13.0 Å². The number of nitrogens with zero attached hydrogens (tertiary/aromatic N) is 1. The van der Waals surface area contributed by atoms with Crippen LogP contribution in [0.25, 0.3) is 0 Å². The number of fused-ring (bicyclic) bond motifs is 1. The van der Waals surface area contributed by atoms with Crippen molar-refractivity contribution >= 4 is 11.8 Å². The molecule has 0 saturated heterocycles. The van der Waals surface area contributed by atoms with E-state index in [1.165, 1.54) is 0 Å². The summed E-state index contributed by atoms with van der Waals surface area (Å²) >= 11 is 0. The SMILES string of the molecule is Cc1nc2c(cc1C(=O)O)CCCCC2=O. The Morgan fingerprint density at radius 3 is 2.75 bits per heavy atom. The highest BCUT2D eigenvalue weighted by Crippen LogP contribution is 2.21. The van der Waals surface area contributed by atoms with Gasteiger partial charge in [0, 0.05) is 6.42 Å². The van der Waals surface area contributed by atoms with Crippen molar-refractivity contribution < 1.29 is 14.7 Å². The Labute approximate surface area is 93.3 Å². The molecule has 0 amide bonds. The van der Waals surface area contributed by atoms with Crippen molar-refractivity contribution in [3.63, 3.8) is 0 Å². The minimum Gasteiger partial charge on any atom is -0.478 e. The summed E-state index contributed by atoms with van der Waals surface area (Å²) < 4.78 is 0. The molecule has 0 bridgehead atoms. The third-order valence-electron chi connectivity index (χ3n) is 2.89. The molecule has 84 valence electrons. The zero-order valence-corrected chi connectivity index (χ0v) is 9.12. The van der Waals surface area contributed by atoms with Crippen molar-refractivity contribution in [1.82, 2.24) is 4.98 Å². The Balaban J connectivity index is 2.56. The Hall–Kier alpha value is -1.71. The summed E-state index contributed by atoms with van der Waals surface area (Å²) in [7, 11) is 0. The van der Waals surface area contributed by atoms with E-state index in [1.807, 2.05) is 0 Å². The van der Waals surface area contributed by atoms with Gasteiger partial charge in [0.15, 0.2) is 5.78 Å². The van der Waals surface area contributed by atoms with Crippen molar-refractivity contribution in [2.24, 2.45) is 0 Å². The summed E-state index contributed by atoms with van der Waals surface area (Å²) in [6.45, 7) is 1.63. The van der Waals surface area contributed by atoms with Crippen LogP contribution in [0.15, 0.2) is 6.07 Å². The van der Waals surface area contributed by atoms with Crippen LogP contribution in [-0.2, 0) is 6.42 Å². The third kappa shape index (κ3) is 1.83. The lowest BCUT2D eigenvalue weighted by Crippen LogP contribution is -2.10. The molecule has 1 heterocycles. The molecule has 1 aliphatic rings. The van der Waals surface area contributed by atoms with E-state index in [-0.39, 0.29) is 11.3 Å². The molecule has 2 rings (SSSR count). The van der Waals surface area contributed by atoms with Gasteiger partial charge >= 0.3 is 5.97 Å². The molecule has 1 aromatic rings. The molecule has 0 atom stereocenters. The summed E-state index contributed by atoms with van der Waals surface area (Å²) in [4.78, 5) is 26.8. The molecule has 4 nitrogen and oxygen atoms in total. The van der Waals surface area contributed by atoms with E-state index >= 15 is 0 Å². The van der Waals surface area contributed by atoms with Gasteiger partial charge in [0.1, 0.15) is 5.69 Å². The predicted octanol–water partition coefficient (Wildman–Crippen LogP) is 2.00. The second-order valence-electron chi connectivity index (χ2n) is 4.06. The Kier molecular flexibility index (Phi) is 2.73. The molecule has 0 aromatic carbocycles. The maximum absolute atomic E-state index is 11.7. The Bertz CT molecular complexity index is 466. The molecule has 0 unspecified atom stereocenters. The molecule has 1 N–H and O–H groups in total. The molecule has 0 radical (unpaired) electrons. The number of carboxylic acid groups (broad SMARTS) is 1. The zero-order valence-electron chi connectivity index (χ0n) is 9.12. The number of pyridine rings is 1. The van der Waals surface area contributed by atoms with Crippen molar-refractivity contribution in [1.29, 1.82) is 0 Å². The number of carbonyl (C=O) groups excluding carboxylic acids is 1. The van der Waals surface area contributed by atoms with Gasteiger partial charge in [0.25, 0.3) is 0 Å². The normalized spacial score (nSPS) is 15.4. The number of carbonyl (C=O) groups is 2.